The van der Waals surface area contributed by atoms with Gasteiger partial charge in [-0.2, -0.15) is 0 Å². The molecule has 136 valence electrons. The summed E-state index contributed by atoms with van der Waals surface area (Å²) in [5.74, 6) is 0.0997. The van der Waals surface area contributed by atoms with Crippen molar-refractivity contribution in [1.29, 1.82) is 0 Å². The number of morpholine rings is 1. The number of nitrogens with one attached hydrogen (secondary N) is 1. The van der Waals surface area contributed by atoms with E-state index in [1.165, 1.54) is 0 Å². The summed E-state index contributed by atoms with van der Waals surface area (Å²) >= 11 is 0. The van der Waals surface area contributed by atoms with Crippen LogP contribution in [-0.2, 0) is 14.3 Å². The Labute approximate surface area is 150 Å². The van der Waals surface area contributed by atoms with Crippen LogP contribution in [0.15, 0.2) is 35.9 Å². The molecule has 5 heteroatoms. The number of benzene rings is 1. The molecule has 1 aliphatic rings. The molecule has 0 saturated carbocycles. The average molecular weight is 344 g/mol. The number of hydrogen-bond acceptors (Lipinski definition) is 3. The second-order valence-corrected chi connectivity index (χ2v) is 6.83. The van der Waals surface area contributed by atoms with Crippen molar-refractivity contribution in [2.24, 2.45) is 5.92 Å². The van der Waals surface area contributed by atoms with E-state index in [2.05, 4.69) is 19.2 Å². The minimum atomic E-state index is -0.496. The van der Waals surface area contributed by atoms with Crippen LogP contribution in [0.4, 0.5) is 0 Å². The third-order valence-electron chi connectivity index (χ3n) is 4.17. The molecule has 1 fully saturated rings. The molecule has 0 radical (unpaired) electrons. The van der Waals surface area contributed by atoms with Gasteiger partial charge in [-0.05, 0) is 30.9 Å². The molecule has 25 heavy (non-hydrogen) atoms. The maximum atomic E-state index is 12.8. The molecule has 2 rings (SSSR count). The fraction of sp³-hybridized carbons (Fsp3) is 0.500. The van der Waals surface area contributed by atoms with E-state index in [0.29, 0.717) is 44.2 Å². The number of hydrogen-bond donors (Lipinski definition) is 1. The van der Waals surface area contributed by atoms with Crippen molar-refractivity contribution in [2.45, 2.75) is 33.2 Å². The fourth-order valence-electron chi connectivity index (χ4n) is 2.83. The summed E-state index contributed by atoms with van der Waals surface area (Å²) < 4.78 is 5.31. The lowest BCUT2D eigenvalue weighted by Gasteiger charge is -2.31. The zero-order valence-electron chi connectivity index (χ0n) is 15.3. The molecule has 0 aliphatic carbocycles. The molecule has 0 bridgehead atoms. The molecule has 1 saturated heterocycles. The lowest BCUT2D eigenvalue weighted by Crippen LogP contribution is -2.52. The first-order valence-corrected chi connectivity index (χ1v) is 8.88. The highest BCUT2D eigenvalue weighted by atomic mass is 16.5. The number of rotatable bonds is 6. The van der Waals surface area contributed by atoms with Crippen molar-refractivity contribution in [3.05, 3.63) is 41.5 Å². The van der Waals surface area contributed by atoms with Crippen LogP contribution >= 0.6 is 0 Å². The Kier molecular flexibility index (Phi) is 7.19. The number of carbonyl (C=O) groups is 2. The third kappa shape index (κ3) is 6.02. The largest absolute Gasteiger partial charge is 0.378 e. The van der Waals surface area contributed by atoms with Crippen LogP contribution in [0.3, 0.4) is 0 Å². The molecule has 0 unspecified atom stereocenters. The zero-order chi connectivity index (χ0) is 18.2. The van der Waals surface area contributed by atoms with Gasteiger partial charge in [0.25, 0.3) is 0 Å². The lowest BCUT2D eigenvalue weighted by atomic mass is 10.0. The van der Waals surface area contributed by atoms with Crippen LogP contribution in [0, 0.1) is 5.92 Å². The molecular formula is C20H28N2O3. The maximum Gasteiger partial charge on any atom is 0.247 e. The molecule has 0 spiro atoms. The summed E-state index contributed by atoms with van der Waals surface area (Å²) in [4.78, 5) is 27.1. The molecule has 5 nitrogen and oxygen atoms in total. The SMILES string of the molecule is C/C(=C\c1ccccc1)C(=O)N[C@@H](CC(C)C)C(=O)N1CCOCC1. The molecule has 2 amide bonds. The Bertz CT molecular complexity index is 605. The van der Waals surface area contributed by atoms with Gasteiger partial charge in [0.05, 0.1) is 13.2 Å². The van der Waals surface area contributed by atoms with E-state index in [4.69, 9.17) is 4.74 Å². The molecular weight excluding hydrogens is 316 g/mol. The van der Waals surface area contributed by atoms with Crippen molar-refractivity contribution < 1.29 is 14.3 Å². The van der Waals surface area contributed by atoms with Gasteiger partial charge < -0.3 is 15.0 Å². The predicted octanol–water partition coefficient (Wildman–Crippen LogP) is 2.48. The highest BCUT2D eigenvalue weighted by Crippen LogP contribution is 2.12. The predicted molar refractivity (Wildman–Crippen MR) is 98.9 cm³/mol. The molecule has 1 heterocycles. The van der Waals surface area contributed by atoms with E-state index < -0.39 is 6.04 Å². The van der Waals surface area contributed by atoms with Gasteiger partial charge in [-0.15, -0.1) is 0 Å². The number of carbonyl (C=O) groups excluding carboxylic acids is 2. The van der Waals surface area contributed by atoms with Crippen molar-refractivity contribution in [1.82, 2.24) is 10.2 Å². The van der Waals surface area contributed by atoms with E-state index in [9.17, 15) is 9.59 Å². The Morgan fingerprint density at radius 2 is 1.84 bits per heavy atom. The second-order valence-electron chi connectivity index (χ2n) is 6.83. The Morgan fingerprint density at radius 3 is 2.44 bits per heavy atom. The third-order valence-corrected chi connectivity index (χ3v) is 4.17. The van der Waals surface area contributed by atoms with Crippen LogP contribution in [-0.4, -0.2) is 49.1 Å². The quantitative estimate of drug-likeness (QED) is 0.807. The van der Waals surface area contributed by atoms with Gasteiger partial charge in [-0.25, -0.2) is 0 Å². The smallest absolute Gasteiger partial charge is 0.247 e. The van der Waals surface area contributed by atoms with E-state index in [1.807, 2.05) is 36.4 Å². The van der Waals surface area contributed by atoms with Gasteiger partial charge in [0, 0.05) is 18.7 Å². The summed E-state index contributed by atoms with van der Waals surface area (Å²) in [5.41, 5.74) is 1.56. The van der Waals surface area contributed by atoms with Crippen LogP contribution in [0.2, 0.25) is 0 Å². The van der Waals surface area contributed by atoms with Crippen molar-refractivity contribution in [2.75, 3.05) is 26.3 Å². The van der Waals surface area contributed by atoms with Gasteiger partial charge in [0.1, 0.15) is 6.04 Å². The Hall–Kier alpha value is -2.14. The molecule has 1 aliphatic heterocycles. The fourth-order valence-corrected chi connectivity index (χ4v) is 2.83. The normalized spacial score (nSPS) is 16.6. The minimum absolute atomic E-state index is 0.0159. The first-order valence-electron chi connectivity index (χ1n) is 8.88. The molecule has 1 N–H and O–H groups in total. The molecule has 0 aromatic heterocycles. The number of nitrogens with zero attached hydrogens (tertiary/aromatic N) is 1. The monoisotopic (exact) mass is 344 g/mol. The van der Waals surface area contributed by atoms with Crippen molar-refractivity contribution in [3.63, 3.8) is 0 Å². The number of ether oxygens (including phenoxy) is 1. The molecule has 1 atom stereocenters. The van der Waals surface area contributed by atoms with E-state index in [-0.39, 0.29) is 11.8 Å². The highest BCUT2D eigenvalue weighted by molar-refractivity contribution is 5.99. The average Bonchev–Trinajstić information content (AvgIpc) is 2.61. The van der Waals surface area contributed by atoms with Crippen molar-refractivity contribution in [3.8, 4) is 0 Å². The van der Waals surface area contributed by atoms with Crippen LogP contribution in [0.5, 0.6) is 0 Å². The Balaban J connectivity index is 2.06. The molecule has 1 aromatic carbocycles. The first-order chi connectivity index (χ1) is 12.0. The summed E-state index contributed by atoms with van der Waals surface area (Å²) in [5, 5.41) is 2.93. The number of amides is 2. The summed E-state index contributed by atoms with van der Waals surface area (Å²) in [7, 11) is 0. The zero-order valence-corrected chi connectivity index (χ0v) is 15.3. The van der Waals surface area contributed by atoms with Crippen LogP contribution < -0.4 is 5.32 Å². The van der Waals surface area contributed by atoms with Gasteiger partial charge in [0.2, 0.25) is 11.8 Å². The van der Waals surface area contributed by atoms with E-state index >= 15 is 0 Å². The summed E-state index contributed by atoms with van der Waals surface area (Å²) in [6, 6.07) is 9.19. The van der Waals surface area contributed by atoms with Gasteiger partial charge >= 0.3 is 0 Å². The first kappa shape index (κ1) is 19.2. The van der Waals surface area contributed by atoms with Gasteiger partial charge in [0.15, 0.2) is 0 Å². The topological polar surface area (TPSA) is 58.6 Å². The van der Waals surface area contributed by atoms with E-state index in [1.54, 1.807) is 11.8 Å². The maximum absolute atomic E-state index is 12.8. The standard InChI is InChI=1S/C20H28N2O3/c1-15(2)13-18(20(24)22-9-11-25-12-10-22)21-19(23)16(3)14-17-7-5-4-6-8-17/h4-8,14-15,18H,9-13H2,1-3H3,(H,21,23)/b16-14+/t18-/m0/s1. The van der Waals surface area contributed by atoms with Crippen molar-refractivity contribution >= 4 is 17.9 Å². The minimum Gasteiger partial charge on any atom is -0.378 e. The summed E-state index contributed by atoms with van der Waals surface area (Å²) in [6.07, 6.45) is 2.46. The Morgan fingerprint density at radius 1 is 1.20 bits per heavy atom. The lowest BCUT2D eigenvalue weighted by molar-refractivity contribution is -0.139. The van der Waals surface area contributed by atoms with E-state index in [0.717, 1.165) is 5.56 Å². The van der Waals surface area contributed by atoms with Gasteiger partial charge in [-0.1, -0.05) is 44.2 Å². The van der Waals surface area contributed by atoms with Crippen LogP contribution in [0.25, 0.3) is 6.08 Å². The molecule has 1 aromatic rings. The van der Waals surface area contributed by atoms with Gasteiger partial charge in [-0.3, -0.25) is 9.59 Å². The second kappa shape index (κ2) is 9.37. The highest BCUT2D eigenvalue weighted by Gasteiger charge is 2.28. The summed E-state index contributed by atoms with van der Waals surface area (Å²) in [6.45, 7) is 8.16. The van der Waals surface area contributed by atoms with Crippen LogP contribution in [0.1, 0.15) is 32.8 Å².